The molecule has 0 aromatic carbocycles. The average Bonchev–Trinajstić information content (AvgIpc) is 3.40. The molecule has 0 saturated carbocycles. The molecule has 74 heavy (non-hydrogen) atoms. The smallest absolute Gasteiger partial charge is 0.306 e. The number of ether oxygens (including phenoxy) is 3. The van der Waals surface area contributed by atoms with E-state index in [9.17, 15) is 14.4 Å². The van der Waals surface area contributed by atoms with E-state index in [0.29, 0.717) is 19.3 Å². The van der Waals surface area contributed by atoms with Crippen LogP contribution in [0, 0.1) is 0 Å². The molecule has 6 heteroatoms. The van der Waals surface area contributed by atoms with Gasteiger partial charge in [0.1, 0.15) is 13.2 Å². The summed E-state index contributed by atoms with van der Waals surface area (Å²) in [5.74, 6) is -0.848. The maximum atomic E-state index is 12.9. The zero-order chi connectivity index (χ0) is 53.6. The number of rotatable bonds is 63. The summed E-state index contributed by atoms with van der Waals surface area (Å²) in [6, 6.07) is 0. The highest BCUT2D eigenvalue weighted by molar-refractivity contribution is 5.71. The SMILES string of the molecule is CCCCCCCC/C=C\CCCCCCCC(=O)OC(COC(=O)CCCCCCCCCCCCC)COC(=O)CCCCCCCCCCCCCCCCCCCCCCCCCCCCCCCC. The Kier molecular flexibility index (Phi) is 62.1. The Morgan fingerprint density at radius 3 is 0.676 bits per heavy atom. The summed E-state index contributed by atoms with van der Waals surface area (Å²) in [4.78, 5) is 38.2. The predicted octanol–water partition coefficient (Wildman–Crippen LogP) is 22.8. The van der Waals surface area contributed by atoms with Crippen LogP contribution in [0.4, 0.5) is 0 Å². The van der Waals surface area contributed by atoms with Crippen LogP contribution >= 0.6 is 0 Å². The number of carbonyl (C=O) groups excluding carboxylic acids is 3. The molecule has 1 unspecified atom stereocenters. The zero-order valence-electron chi connectivity index (χ0n) is 50.4. The van der Waals surface area contributed by atoms with E-state index in [1.54, 1.807) is 0 Å². The van der Waals surface area contributed by atoms with E-state index < -0.39 is 6.10 Å². The minimum atomic E-state index is -0.769. The largest absolute Gasteiger partial charge is 0.462 e. The Morgan fingerprint density at radius 1 is 0.257 bits per heavy atom. The Bertz CT molecular complexity index is 1150. The van der Waals surface area contributed by atoms with Crippen molar-refractivity contribution in [3.63, 3.8) is 0 Å². The molecule has 0 fully saturated rings. The fraction of sp³-hybridized carbons (Fsp3) is 0.926. The number of hydrogen-bond acceptors (Lipinski definition) is 6. The first-order chi connectivity index (χ1) is 36.5. The van der Waals surface area contributed by atoms with Gasteiger partial charge >= 0.3 is 17.9 Å². The number of carbonyl (C=O) groups is 3. The highest BCUT2D eigenvalue weighted by Gasteiger charge is 2.19. The lowest BCUT2D eigenvalue weighted by atomic mass is 10.0. The minimum Gasteiger partial charge on any atom is -0.462 e. The molecule has 0 spiro atoms. The van der Waals surface area contributed by atoms with Gasteiger partial charge in [-0.05, 0) is 44.9 Å². The molecule has 0 rings (SSSR count). The molecule has 0 aromatic rings. The molecule has 438 valence electrons. The normalized spacial score (nSPS) is 12.0. The van der Waals surface area contributed by atoms with Crippen molar-refractivity contribution in [1.29, 1.82) is 0 Å². The van der Waals surface area contributed by atoms with Gasteiger partial charge in [-0.25, -0.2) is 0 Å². The number of hydrogen-bond donors (Lipinski definition) is 0. The lowest BCUT2D eigenvalue weighted by molar-refractivity contribution is -0.167. The third-order valence-electron chi connectivity index (χ3n) is 15.5. The molecule has 1 atom stereocenters. The molecule has 0 aliphatic heterocycles. The molecule has 0 radical (unpaired) electrons. The molecular weight excluding hydrogens is 913 g/mol. The molecule has 0 saturated heterocycles. The van der Waals surface area contributed by atoms with Gasteiger partial charge in [0.25, 0.3) is 0 Å². The summed E-state index contributed by atoms with van der Waals surface area (Å²) < 4.78 is 16.9. The molecule has 0 aliphatic carbocycles. The molecule has 6 nitrogen and oxygen atoms in total. The van der Waals surface area contributed by atoms with Gasteiger partial charge in [0.15, 0.2) is 6.10 Å². The van der Waals surface area contributed by atoms with Gasteiger partial charge in [0.2, 0.25) is 0 Å². The van der Waals surface area contributed by atoms with E-state index in [-0.39, 0.29) is 31.1 Å². The summed E-state index contributed by atoms with van der Waals surface area (Å²) in [6.45, 7) is 6.69. The lowest BCUT2D eigenvalue weighted by Crippen LogP contribution is -2.30. The topological polar surface area (TPSA) is 78.9 Å². The van der Waals surface area contributed by atoms with Gasteiger partial charge < -0.3 is 14.2 Å². The van der Waals surface area contributed by atoms with Gasteiger partial charge in [-0.15, -0.1) is 0 Å². The van der Waals surface area contributed by atoms with Crippen LogP contribution in [0.2, 0.25) is 0 Å². The van der Waals surface area contributed by atoms with Crippen LogP contribution in [0.25, 0.3) is 0 Å². The van der Waals surface area contributed by atoms with Gasteiger partial charge in [-0.3, -0.25) is 14.4 Å². The van der Waals surface area contributed by atoms with E-state index in [1.807, 2.05) is 0 Å². The third kappa shape index (κ3) is 61.0. The monoisotopic (exact) mass is 1040 g/mol. The van der Waals surface area contributed by atoms with E-state index >= 15 is 0 Å². The van der Waals surface area contributed by atoms with Crippen molar-refractivity contribution in [2.24, 2.45) is 0 Å². The average molecular weight is 1040 g/mol. The van der Waals surface area contributed by atoms with Crippen molar-refractivity contribution in [2.45, 2.75) is 393 Å². The maximum absolute atomic E-state index is 12.9. The van der Waals surface area contributed by atoms with Crippen molar-refractivity contribution in [3.05, 3.63) is 12.2 Å². The molecule has 0 N–H and O–H groups in total. The first kappa shape index (κ1) is 72.2. The minimum absolute atomic E-state index is 0.0672. The summed E-state index contributed by atoms with van der Waals surface area (Å²) in [5.41, 5.74) is 0. The van der Waals surface area contributed by atoms with Crippen molar-refractivity contribution >= 4 is 17.9 Å². The fourth-order valence-corrected chi connectivity index (χ4v) is 10.4. The van der Waals surface area contributed by atoms with Crippen molar-refractivity contribution < 1.29 is 28.6 Å². The summed E-state index contributed by atoms with van der Waals surface area (Å²) in [7, 11) is 0. The maximum Gasteiger partial charge on any atom is 0.306 e. The van der Waals surface area contributed by atoms with Gasteiger partial charge in [-0.1, -0.05) is 335 Å². The number of allylic oxidation sites excluding steroid dienone is 2. The fourth-order valence-electron chi connectivity index (χ4n) is 10.4. The first-order valence-electron chi connectivity index (χ1n) is 33.7. The van der Waals surface area contributed by atoms with E-state index in [1.165, 1.54) is 283 Å². The van der Waals surface area contributed by atoms with E-state index in [4.69, 9.17) is 14.2 Å². The Morgan fingerprint density at radius 2 is 0.446 bits per heavy atom. The van der Waals surface area contributed by atoms with E-state index in [2.05, 4.69) is 32.9 Å². The second kappa shape index (κ2) is 63.7. The molecule has 0 bridgehead atoms. The van der Waals surface area contributed by atoms with Gasteiger partial charge in [0.05, 0.1) is 0 Å². The van der Waals surface area contributed by atoms with Crippen LogP contribution in [0.3, 0.4) is 0 Å². The van der Waals surface area contributed by atoms with Crippen LogP contribution < -0.4 is 0 Å². The zero-order valence-corrected chi connectivity index (χ0v) is 50.4. The molecule has 0 aromatic heterocycles. The Labute approximate surface area is 462 Å². The Hall–Kier alpha value is -1.85. The van der Waals surface area contributed by atoms with Crippen LogP contribution in [0.1, 0.15) is 387 Å². The predicted molar refractivity (Wildman–Crippen MR) is 321 cm³/mol. The highest BCUT2D eigenvalue weighted by Crippen LogP contribution is 2.19. The molecule has 0 amide bonds. The van der Waals surface area contributed by atoms with Crippen LogP contribution in [0.5, 0.6) is 0 Å². The first-order valence-corrected chi connectivity index (χ1v) is 33.7. The second-order valence-corrected chi connectivity index (χ2v) is 23.1. The molecule has 0 heterocycles. The standard InChI is InChI=1S/C68H130O6/c1-4-7-10-13-16-19-22-24-26-27-28-29-30-31-32-33-34-35-36-37-38-39-40-42-43-46-49-52-55-58-61-67(70)73-64-65(63-72-66(69)60-57-54-51-48-45-21-18-15-12-9-6-3)74-68(71)62-59-56-53-50-47-44-41-25-23-20-17-14-11-8-5-2/h25,41,65H,4-24,26-40,42-64H2,1-3H3/b41-25-. The molecular formula is C68H130O6. The summed E-state index contributed by atoms with van der Waals surface area (Å²) >= 11 is 0. The van der Waals surface area contributed by atoms with Crippen molar-refractivity contribution in [3.8, 4) is 0 Å². The summed E-state index contributed by atoms with van der Waals surface area (Å²) in [5, 5.41) is 0. The van der Waals surface area contributed by atoms with Crippen molar-refractivity contribution in [1.82, 2.24) is 0 Å². The van der Waals surface area contributed by atoms with Crippen LogP contribution in [0.15, 0.2) is 12.2 Å². The highest BCUT2D eigenvalue weighted by atomic mass is 16.6. The van der Waals surface area contributed by atoms with Gasteiger partial charge in [0, 0.05) is 19.3 Å². The quantitative estimate of drug-likeness (QED) is 0.0261. The van der Waals surface area contributed by atoms with Crippen LogP contribution in [-0.4, -0.2) is 37.2 Å². The lowest BCUT2D eigenvalue weighted by Gasteiger charge is -2.18. The third-order valence-corrected chi connectivity index (χ3v) is 15.5. The van der Waals surface area contributed by atoms with Gasteiger partial charge in [-0.2, -0.15) is 0 Å². The number of esters is 3. The number of unbranched alkanes of at least 4 members (excludes halogenated alkanes) is 50. The second-order valence-electron chi connectivity index (χ2n) is 23.1. The molecule has 0 aliphatic rings. The van der Waals surface area contributed by atoms with E-state index in [0.717, 1.165) is 64.2 Å². The summed E-state index contributed by atoms with van der Waals surface area (Å²) in [6.07, 6.45) is 75.4. The Balaban J connectivity index is 4.07. The van der Waals surface area contributed by atoms with Crippen molar-refractivity contribution in [2.75, 3.05) is 13.2 Å². The van der Waals surface area contributed by atoms with Crippen LogP contribution in [-0.2, 0) is 28.6 Å².